The Morgan fingerprint density at radius 2 is 2.46 bits per heavy atom. The quantitative estimate of drug-likeness (QED) is 0.749. The van der Waals surface area contributed by atoms with Gasteiger partial charge in [-0.25, -0.2) is 4.79 Å². The molecule has 0 fully saturated rings. The smallest absolute Gasteiger partial charge is 0.336 e. The number of fused-ring (bicyclic) bond motifs is 1. The van der Waals surface area contributed by atoms with E-state index in [0.717, 1.165) is 18.4 Å². The van der Waals surface area contributed by atoms with Crippen molar-refractivity contribution in [2.45, 2.75) is 32.1 Å². The molecule has 0 spiro atoms. The Hall–Kier alpha value is -0.830. The maximum Gasteiger partial charge on any atom is 0.336 e. The summed E-state index contributed by atoms with van der Waals surface area (Å²) in [6, 6.07) is 0. The van der Waals surface area contributed by atoms with Gasteiger partial charge in [-0.3, -0.25) is 0 Å². The van der Waals surface area contributed by atoms with Gasteiger partial charge in [0.2, 0.25) is 0 Å². The molecule has 0 saturated carbocycles. The topological polar surface area (TPSA) is 37.3 Å². The summed E-state index contributed by atoms with van der Waals surface area (Å²) in [5, 5.41) is 10.7. The zero-order valence-corrected chi connectivity index (χ0v) is 8.36. The number of rotatable bonds is 1. The van der Waals surface area contributed by atoms with Crippen LogP contribution in [-0.4, -0.2) is 11.1 Å². The molecule has 1 unspecified atom stereocenters. The Kier molecular flexibility index (Phi) is 2.12. The summed E-state index contributed by atoms with van der Waals surface area (Å²) < 4.78 is 0. The average Bonchev–Trinajstić information content (AvgIpc) is 2.49. The summed E-state index contributed by atoms with van der Waals surface area (Å²) in [6.45, 7) is 2.12. The van der Waals surface area contributed by atoms with Gasteiger partial charge in [-0.2, -0.15) is 0 Å². The Morgan fingerprint density at radius 1 is 1.69 bits per heavy atom. The third kappa shape index (κ3) is 1.37. The molecule has 70 valence electrons. The molecule has 0 aromatic carbocycles. The van der Waals surface area contributed by atoms with Crippen LogP contribution in [0.5, 0.6) is 0 Å². The van der Waals surface area contributed by atoms with Gasteiger partial charge < -0.3 is 5.11 Å². The first kappa shape index (κ1) is 8.75. The Labute approximate surface area is 81.2 Å². The van der Waals surface area contributed by atoms with Gasteiger partial charge in [0, 0.05) is 10.3 Å². The van der Waals surface area contributed by atoms with Gasteiger partial charge in [0.25, 0.3) is 0 Å². The molecule has 1 aliphatic rings. The molecule has 1 aromatic heterocycles. The molecule has 0 radical (unpaired) electrons. The maximum atomic E-state index is 10.9. The van der Waals surface area contributed by atoms with E-state index >= 15 is 0 Å². The molecule has 13 heavy (non-hydrogen) atoms. The summed E-state index contributed by atoms with van der Waals surface area (Å²) in [5.74, 6) is -0.340. The summed E-state index contributed by atoms with van der Waals surface area (Å²) in [4.78, 5) is 12.2. The summed E-state index contributed by atoms with van der Waals surface area (Å²) >= 11 is 1.60. The van der Waals surface area contributed by atoms with Crippen LogP contribution in [0.2, 0.25) is 0 Å². The number of aryl methyl sites for hydroxylation is 1. The molecule has 1 heterocycles. The highest BCUT2D eigenvalue weighted by Gasteiger charge is 2.24. The Balaban J connectivity index is 2.50. The molecule has 1 aromatic rings. The fraction of sp³-hybridized carbons (Fsp3) is 0.500. The van der Waals surface area contributed by atoms with Crippen LogP contribution in [0, 0.1) is 0 Å². The third-order valence-corrected chi connectivity index (χ3v) is 3.74. The van der Waals surface area contributed by atoms with Crippen molar-refractivity contribution >= 4 is 17.3 Å². The molecule has 0 amide bonds. The summed E-state index contributed by atoms with van der Waals surface area (Å²) in [6.07, 6.45) is 3.40. The number of hydrogen-bond acceptors (Lipinski definition) is 2. The van der Waals surface area contributed by atoms with Gasteiger partial charge >= 0.3 is 5.97 Å². The zero-order valence-electron chi connectivity index (χ0n) is 7.54. The molecule has 2 nitrogen and oxygen atoms in total. The molecular weight excluding hydrogens is 184 g/mol. The highest BCUT2D eigenvalue weighted by Crippen LogP contribution is 2.37. The van der Waals surface area contributed by atoms with E-state index in [1.807, 2.05) is 0 Å². The molecule has 1 N–H and O–H groups in total. The first-order valence-electron chi connectivity index (χ1n) is 4.53. The predicted molar refractivity (Wildman–Crippen MR) is 52.6 cm³/mol. The van der Waals surface area contributed by atoms with Crippen molar-refractivity contribution in [2.75, 3.05) is 0 Å². The first-order valence-corrected chi connectivity index (χ1v) is 5.41. The van der Waals surface area contributed by atoms with Crippen LogP contribution in [0.15, 0.2) is 5.38 Å². The molecule has 0 aliphatic heterocycles. The lowest BCUT2D eigenvalue weighted by Crippen LogP contribution is -2.08. The van der Waals surface area contributed by atoms with E-state index in [-0.39, 0.29) is 0 Å². The number of hydrogen-bond donors (Lipinski definition) is 1. The second-order valence-electron chi connectivity index (χ2n) is 3.58. The van der Waals surface area contributed by atoms with E-state index in [9.17, 15) is 4.79 Å². The van der Waals surface area contributed by atoms with Crippen LogP contribution < -0.4 is 0 Å². The van der Waals surface area contributed by atoms with E-state index in [1.165, 1.54) is 11.3 Å². The highest BCUT2D eigenvalue weighted by molar-refractivity contribution is 7.10. The van der Waals surface area contributed by atoms with Crippen molar-refractivity contribution in [3.63, 3.8) is 0 Å². The van der Waals surface area contributed by atoms with E-state index in [2.05, 4.69) is 6.92 Å². The van der Waals surface area contributed by atoms with Crippen LogP contribution >= 0.6 is 11.3 Å². The summed E-state index contributed by atoms with van der Waals surface area (Å²) in [5.41, 5.74) is 1.64. The van der Waals surface area contributed by atoms with Crippen molar-refractivity contribution in [1.29, 1.82) is 0 Å². The minimum atomic E-state index is -0.772. The SMILES string of the molecule is CC1CCCc2scc(C(=O)O)c21. The maximum absolute atomic E-state index is 10.9. The van der Waals surface area contributed by atoms with E-state index in [4.69, 9.17) is 5.11 Å². The van der Waals surface area contributed by atoms with Crippen LogP contribution in [0.3, 0.4) is 0 Å². The molecule has 0 saturated heterocycles. The molecule has 3 heteroatoms. The van der Waals surface area contributed by atoms with Crippen molar-refractivity contribution in [3.8, 4) is 0 Å². The van der Waals surface area contributed by atoms with Gasteiger partial charge in [-0.05, 0) is 30.7 Å². The first-order chi connectivity index (χ1) is 6.20. The lowest BCUT2D eigenvalue weighted by molar-refractivity contribution is 0.0695. The average molecular weight is 196 g/mol. The number of carboxylic acids is 1. The van der Waals surface area contributed by atoms with Crippen molar-refractivity contribution < 1.29 is 9.90 Å². The predicted octanol–water partition coefficient (Wildman–Crippen LogP) is 2.89. The molecular formula is C10H12O2S. The van der Waals surface area contributed by atoms with Crippen molar-refractivity contribution in [3.05, 3.63) is 21.4 Å². The van der Waals surface area contributed by atoms with Crippen molar-refractivity contribution in [1.82, 2.24) is 0 Å². The molecule has 0 bridgehead atoms. The monoisotopic (exact) mass is 196 g/mol. The second-order valence-corrected chi connectivity index (χ2v) is 4.55. The Bertz CT molecular complexity index is 341. The zero-order chi connectivity index (χ0) is 9.42. The largest absolute Gasteiger partial charge is 0.478 e. The van der Waals surface area contributed by atoms with E-state index in [0.29, 0.717) is 11.5 Å². The van der Waals surface area contributed by atoms with Gasteiger partial charge in [0.15, 0.2) is 0 Å². The minimum Gasteiger partial charge on any atom is -0.478 e. The molecule has 2 rings (SSSR count). The second kappa shape index (κ2) is 3.14. The van der Waals surface area contributed by atoms with Gasteiger partial charge in [0.1, 0.15) is 0 Å². The fourth-order valence-electron chi connectivity index (χ4n) is 2.02. The molecule has 1 atom stereocenters. The normalized spacial score (nSPS) is 21.2. The van der Waals surface area contributed by atoms with Crippen LogP contribution in [0.25, 0.3) is 0 Å². The highest BCUT2D eigenvalue weighted by atomic mass is 32.1. The number of carbonyl (C=O) groups is 1. The van der Waals surface area contributed by atoms with Gasteiger partial charge in [0.05, 0.1) is 5.56 Å². The standard InChI is InChI=1S/C10H12O2S/c1-6-3-2-4-8-9(6)7(5-13-8)10(11)12/h5-6H,2-4H2,1H3,(H,11,12). The third-order valence-electron chi connectivity index (χ3n) is 2.67. The van der Waals surface area contributed by atoms with E-state index < -0.39 is 5.97 Å². The van der Waals surface area contributed by atoms with Gasteiger partial charge in [-0.15, -0.1) is 11.3 Å². The number of aromatic carboxylic acids is 1. The minimum absolute atomic E-state index is 0.432. The van der Waals surface area contributed by atoms with Crippen LogP contribution in [0.4, 0.5) is 0 Å². The lowest BCUT2D eigenvalue weighted by Gasteiger charge is -2.19. The fourth-order valence-corrected chi connectivity index (χ4v) is 3.21. The van der Waals surface area contributed by atoms with E-state index in [1.54, 1.807) is 16.7 Å². The number of carboxylic acid groups (broad SMARTS) is 1. The van der Waals surface area contributed by atoms with Crippen molar-refractivity contribution in [2.24, 2.45) is 0 Å². The van der Waals surface area contributed by atoms with Crippen LogP contribution in [0.1, 0.15) is 46.5 Å². The summed E-state index contributed by atoms with van der Waals surface area (Å²) in [7, 11) is 0. The lowest BCUT2D eigenvalue weighted by atomic mass is 9.87. The van der Waals surface area contributed by atoms with Crippen LogP contribution in [-0.2, 0) is 6.42 Å². The Morgan fingerprint density at radius 3 is 3.15 bits per heavy atom. The molecule has 1 aliphatic carbocycles. The number of thiophene rings is 1. The van der Waals surface area contributed by atoms with Gasteiger partial charge in [-0.1, -0.05) is 6.92 Å².